The highest BCUT2D eigenvalue weighted by Crippen LogP contribution is 2.28. The number of nitrogens with zero attached hydrogens (tertiary/aromatic N) is 2. The van der Waals surface area contributed by atoms with Gasteiger partial charge in [-0.05, 0) is 42.6 Å². The second-order valence-corrected chi connectivity index (χ2v) is 6.09. The molecule has 0 aliphatic heterocycles. The number of para-hydroxylation sites is 1. The van der Waals surface area contributed by atoms with Gasteiger partial charge in [0, 0.05) is 16.3 Å². The Kier molecular flexibility index (Phi) is 3.55. The molecule has 0 aliphatic rings. The Bertz CT molecular complexity index is 917. The maximum Gasteiger partial charge on any atom is 0.162 e. The van der Waals surface area contributed by atoms with Crippen molar-refractivity contribution in [3.05, 3.63) is 65.2 Å². The van der Waals surface area contributed by atoms with Gasteiger partial charge in [-0.3, -0.25) is 0 Å². The molecule has 4 rings (SSSR count). The summed E-state index contributed by atoms with van der Waals surface area (Å²) >= 11 is 1.64. The molecule has 3 heterocycles. The van der Waals surface area contributed by atoms with Crippen LogP contribution < -0.4 is 5.32 Å². The van der Waals surface area contributed by atoms with Crippen molar-refractivity contribution in [1.29, 1.82) is 0 Å². The molecule has 5 heteroatoms. The van der Waals surface area contributed by atoms with Crippen LogP contribution in [0, 0.1) is 0 Å². The zero-order valence-corrected chi connectivity index (χ0v) is 13.4. The average molecular weight is 321 g/mol. The van der Waals surface area contributed by atoms with Gasteiger partial charge in [-0.15, -0.1) is 0 Å². The number of anilines is 1. The first kappa shape index (κ1) is 14.0. The second-order valence-electron chi connectivity index (χ2n) is 5.31. The van der Waals surface area contributed by atoms with Crippen molar-refractivity contribution in [2.45, 2.75) is 13.0 Å². The molecule has 0 saturated carbocycles. The fourth-order valence-electron chi connectivity index (χ4n) is 2.52. The van der Waals surface area contributed by atoms with Crippen LogP contribution in [-0.4, -0.2) is 9.97 Å². The highest BCUT2D eigenvalue weighted by atomic mass is 32.1. The van der Waals surface area contributed by atoms with E-state index in [0.717, 1.165) is 33.9 Å². The van der Waals surface area contributed by atoms with Crippen LogP contribution in [-0.2, 0) is 0 Å². The fourth-order valence-corrected chi connectivity index (χ4v) is 3.16. The van der Waals surface area contributed by atoms with Crippen molar-refractivity contribution >= 4 is 28.1 Å². The number of benzene rings is 1. The standard InChI is InChI=1S/C18H15N3OS/c1-12(16-7-4-9-22-16)19-18-14-5-2-3-6-15(14)20-17(21-18)13-8-10-23-11-13/h2-12H,1H3,(H,19,20,21)/t12-/m0/s1. The molecule has 114 valence electrons. The maximum atomic E-state index is 5.48. The third kappa shape index (κ3) is 2.71. The lowest BCUT2D eigenvalue weighted by Gasteiger charge is -2.15. The number of rotatable bonds is 4. The van der Waals surface area contributed by atoms with Crippen LogP contribution in [0.1, 0.15) is 18.7 Å². The molecule has 0 spiro atoms. The molecule has 0 saturated heterocycles. The third-order valence-electron chi connectivity index (χ3n) is 3.71. The molecule has 4 nitrogen and oxygen atoms in total. The second kappa shape index (κ2) is 5.85. The quantitative estimate of drug-likeness (QED) is 0.566. The van der Waals surface area contributed by atoms with Crippen LogP contribution in [0.25, 0.3) is 22.3 Å². The maximum absolute atomic E-state index is 5.48. The number of hydrogen-bond donors (Lipinski definition) is 1. The Morgan fingerprint density at radius 1 is 1.09 bits per heavy atom. The Balaban J connectivity index is 1.80. The van der Waals surface area contributed by atoms with Gasteiger partial charge in [-0.1, -0.05) is 12.1 Å². The minimum absolute atomic E-state index is 0.0265. The summed E-state index contributed by atoms with van der Waals surface area (Å²) in [7, 11) is 0. The van der Waals surface area contributed by atoms with Gasteiger partial charge < -0.3 is 9.73 Å². The molecule has 0 bridgehead atoms. The number of nitrogens with one attached hydrogen (secondary N) is 1. The summed E-state index contributed by atoms with van der Waals surface area (Å²) in [6.45, 7) is 2.06. The zero-order chi connectivity index (χ0) is 15.6. The van der Waals surface area contributed by atoms with Gasteiger partial charge in [0.15, 0.2) is 5.82 Å². The van der Waals surface area contributed by atoms with Crippen LogP contribution in [0.3, 0.4) is 0 Å². The predicted molar refractivity (Wildman–Crippen MR) is 93.6 cm³/mol. The highest BCUT2D eigenvalue weighted by Gasteiger charge is 2.14. The lowest BCUT2D eigenvalue weighted by Crippen LogP contribution is -2.08. The summed E-state index contributed by atoms with van der Waals surface area (Å²) in [5.74, 6) is 2.43. The van der Waals surface area contributed by atoms with Crippen molar-refractivity contribution in [3.63, 3.8) is 0 Å². The first-order chi connectivity index (χ1) is 11.3. The van der Waals surface area contributed by atoms with Gasteiger partial charge in [0.1, 0.15) is 11.6 Å². The van der Waals surface area contributed by atoms with E-state index in [1.165, 1.54) is 0 Å². The summed E-state index contributed by atoms with van der Waals surface area (Å²) in [4.78, 5) is 9.42. The van der Waals surface area contributed by atoms with E-state index >= 15 is 0 Å². The molecule has 3 aromatic heterocycles. The summed E-state index contributed by atoms with van der Waals surface area (Å²) in [6, 6.07) is 13.9. The molecule has 1 aromatic carbocycles. The lowest BCUT2D eigenvalue weighted by atomic mass is 10.2. The molecule has 0 unspecified atom stereocenters. The van der Waals surface area contributed by atoms with E-state index in [9.17, 15) is 0 Å². The van der Waals surface area contributed by atoms with Crippen molar-refractivity contribution in [1.82, 2.24) is 9.97 Å². The molecule has 4 aromatic rings. The number of fused-ring (bicyclic) bond motifs is 1. The van der Waals surface area contributed by atoms with E-state index in [1.807, 2.05) is 47.8 Å². The van der Waals surface area contributed by atoms with Gasteiger partial charge in [0.25, 0.3) is 0 Å². The normalized spacial score (nSPS) is 12.4. The molecule has 23 heavy (non-hydrogen) atoms. The summed E-state index contributed by atoms with van der Waals surface area (Å²) in [6.07, 6.45) is 1.68. The Morgan fingerprint density at radius 3 is 2.78 bits per heavy atom. The molecule has 0 radical (unpaired) electrons. The minimum Gasteiger partial charge on any atom is -0.467 e. The Morgan fingerprint density at radius 2 is 2.00 bits per heavy atom. The van der Waals surface area contributed by atoms with Gasteiger partial charge in [-0.25, -0.2) is 9.97 Å². The van der Waals surface area contributed by atoms with E-state index < -0.39 is 0 Å². The summed E-state index contributed by atoms with van der Waals surface area (Å²) < 4.78 is 5.48. The van der Waals surface area contributed by atoms with Crippen LogP contribution in [0.2, 0.25) is 0 Å². The van der Waals surface area contributed by atoms with E-state index in [2.05, 4.69) is 22.6 Å². The van der Waals surface area contributed by atoms with Gasteiger partial charge in [0.05, 0.1) is 17.8 Å². The first-order valence-electron chi connectivity index (χ1n) is 7.40. The summed E-state index contributed by atoms with van der Waals surface area (Å²) in [5.41, 5.74) is 1.97. The number of hydrogen-bond acceptors (Lipinski definition) is 5. The minimum atomic E-state index is 0.0265. The van der Waals surface area contributed by atoms with Gasteiger partial charge >= 0.3 is 0 Å². The van der Waals surface area contributed by atoms with E-state index in [4.69, 9.17) is 9.40 Å². The smallest absolute Gasteiger partial charge is 0.162 e. The predicted octanol–water partition coefficient (Wildman–Crippen LogP) is 5.12. The van der Waals surface area contributed by atoms with Crippen LogP contribution in [0.5, 0.6) is 0 Å². The number of thiophene rings is 1. The molecule has 0 fully saturated rings. The van der Waals surface area contributed by atoms with Crippen molar-refractivity contribution in [3.8, 4) is 11.4 Å². The molecule has 0 aliphatic carbocycles. The van der Waals surface area contributed by atoms with E-state index in [1.54, 1.807) is 17.6 Å². The van der Waals surface area contributed by atoms with Gasteiger partial charge in [-0.2, -0.15) is 11.3 Å². The van der Waals surface area contributed by atoms with Crippen LogP contribution in [0.4, 0.5) is 5.82 Å². The van der Waals surface area contributed by atoms with Crippen molar-refractivity contribution in [2.75, 3.05) is 5.32 Å². The molecular formula is C18H15N3OS. The number of furan rings is 1. The largest absolute Gasteiger partial charge is 0.467 e. The average Bonchev–Trinajstić information content (AvgIpc) is 3.28. The van der Waals surface area contributed by atoms with Gasteiger partial charge in [0.2, 0.25) is 0 Å². The van der Waals surface area contributed by atoms with Crippen molar-refractivity contribution in [2.24, 2.45) is 0 Å². The first-order valence-corrected chi connectivity index (χ1v) is 8.35. The number of aromatic nitrogens is 2. The molecular weight excluding hydrogens is 306 g/mol. The molecule has 0 amide bonds. The topological polar surface area (TPSA) is 51.0 Å². The van der Waals surface area contributed by atoms with Crippen LogP contribution in [0.15, 0.2) is 63.9 Å². The van der Waals surface area contributed by atoms with Crippen molar-refractivity contribution < 1.29 is 4.42 Å². The van der Waals surface area contributed by atoms with E-state index in [0.29, 0.717) is 0 Å². The fraction of sp³-hybridized carbons (Fsp3) is 0.111. The highest BCUT2D eigenvalue weighted by molar-refractivity contribution is 7.08. The Labute approximate surface area is 137 Å². The zero-order valence-electron chi connectivity index (χ0n) is 12.6. The molecule has 1 N–H and O–H groups in total. The monoisotopic (exact) mass is 321 g/mol. The lowest BCUT2D eigenvalue weighted by molar-refractivity contribution is 0.490. The third-order valence-corrected chi connectivity index (χ3v) is 4.39. The van der Waals surface area contributed by atoms with E-state index in [-0.39, 0.29) is 6.04 Å². The SMILES string of the molecule is C[C@H](Nc1nc(-c2ccsc2)nc2ccccc12)c1ccco1. The summed E-state index contributed by atoms with van der Waals surface area (Å²) in [5, 5.41) is 8.55. The Hall–Kier alpha value is -2.66. The molecule has 1 atom stereocenters. The van der Waals surface area contributed by atoms with Crippen LogP contribution >= 0.6 is 11.3 Å².